The Morgan fingerprint density at radius 1 is 1.22 bits per heavy atom. The Labute approximate surface area is 135 Å². The smallest absolute Gasteiger partial charge is 0.421 e. The number of pyridine rings is 1. The Balaban J connectivity index is 2.22. The van der Waals surface area contributed by atoms with Crippen molar-refractivity contribution in [2.75, 3.05) is 0 Å². The van der Waals surface area contributed by atoms with Gasteiger partial charge in [0.1, 0.15) is 23.1 Å². The third kappa shape index (κ3) is 4.50. The number of halogens is 4. The largest absolute Gasteiger partial charge is 0.476 e. The van der Waals surface area contributed by atoms with Crippen LogP contribution in [0.1, 0.15) is 12.5 Å². The van der Waals surface area contributed by atoms with Crippen LogP contribution in [0.25, 0.3) is 0 Å². The Morgan fingerprint density at radius 2 is 1.83 bits per heavy atom. The molecule has 4 nitrogen and oxygen atoms in total. The second-order valence-electron chi connectivity index (χ2n) is 4.47. The lowest BCUT2D eigenvalue weighted by Crippen LogP contribution is -2.09. The number of aromatic nitrogens is 1. The molecule has 1 atom stereocenters. The maximum absolute atomic E-state index is 12.9. The zero-order chi connectivity index (χ0) is 17.0. The molecule has 0 amide bonds. The minimum absolute atomic E-state index is 0.140. The minimum Gasteiger partial charge on any atom is -0.476 e. The molecule has 0 radical (unpaired) electrons. The highest BCUT2D eigenvalue weighted by molar-refractivity contribution is 6.30. The molecule has 1 unspecified atom stereocenters. The molecule has 1 heterocycles. The van der Waals surface area contributed by atoms with Crippen molar-refractivity contribution in [3.8, 4) is 23.4 Å². The molecule has 0 fully saturated rings. The van der Waals surface area contributed by atoms with Gasteiger partial charge in [0.2, 0.25) is 5.88 Å². The zero-order valence-electron chi connectivity index (χ0n) is 11.8. The average Bonchev–Trinajstić information content (AvgIpc) is 2.50. The Bertz CT molecular complexity index is 727. The van der Waals surface area contributed by atoms with E-state index in [1.165, 1.54) is 24.3 Å². The van der Waals surface area contributed by atoms with E-state index in [2.05, 4.69) is 4.98 Å². The molecule has 0 aliphatic rings. The van der Waals surface area contributed by atoms with Gasteiger partial charge in [-0.1, -0.05) is 11.6 Å². The molecule has 2 rings (SSSR count). The fourth-order valence-electron chi connectivity index (χ4n) is 1.64. The van der Waals surface area contributed by atoms with Gasteiger partial charge in [-0.3, -0.25) is 0 Å². The summed E-state index contributed by atoms with van der Waals surface area (Å²) < 4.78 is 49.2. The lowest BCUT2D eigenvalue weighted by molar-refractivity contribution is -0.138. The number of hydrogen-bond donors (Lipinski definition) is 0. The van der Waals surface area contributed by atoms with Crippen LogP contribution in [0.4, 0.5) is 13.2 Å². The van der Waals surface area contributed by atoms with Crippen LogP contribution in [0.5, 0.6) is 17.4 Å². The average molecular weight is 343 g/mol. The van der Waals surface area contributed by atoms with Crippen molar-refractivity contribution in [2.45, 2.75) is 19.2 Å². The van der Waals surface area contributed by atoms with E-state index in [4.69, 9.17) is 26.3 Å². The summed E-state index contributed by atoms with van der Waals surface area (Å²) in [6.45, 7) is 1.57. The third-order valence-electron chi connectivity index (χ3n) is 2.66. The molecule has 2 aromatic rings. The lowest BCUT2D eigenvalue weighted by atomic mass is 10.2. The molecule has 1 aromatic carbocycles. The van der Waals surface area contributed by atoms with Crippen LogP contribution in [0.3, 0.4) is 0 Å². The van der Waals surface area contributed by atoms with Crippen molar-refractivity contribution in [1.82, 2.24) is 4.98 Å². The topological polar surface area (TPSA) is 55.1 Å². The quantitative estimate of drug-likeness (QED) is 0.798. The number of nitriles is 1. The van der Waals surface area contributed by atoms with Crippen molar-refractivity contribution >= 4 is 11.6 Å². The van der Waals surface area contributed by atoms with E-state index in [1.54, 1.807) is 6.92 Å². The van der Waals surface area contributed by atoms with Gasteiger partial charge in [0.15, 0.2) is 6.10 Å². The Morgan fingerprint density at radius 3 is 2.39 bits per heavy atom. The van der Waals surface area contributed by atoms with Crippen LogP contribution in [-0.4, -0.2) is 11.1 Å². The number of nitrogens with zero attached hydrogens (tertiary/aromatic N) is 2. The molecule has 8 heteroatoms. The maximum atomic E-state index is 12.9. The lowest BCUT2D eigenvalue weighted by Gasteiger charge is -2.13. The zero-order valence-corrected chi connectivity index (χ0v) is 12.5. The van der Waals surface area contributed by atoms with Crippen LogP contribution < -0.4 is 9.47 Å². The molecule has 0 saturated carbocycles. The van der Waals surface area contributed by atoms with Crippen LogP contribution in [0.15, 0.2) is 36.5 Å². The number of rotatable bonds is 4. The van der Waals surface area contributed by atoms with Gasteiger partial charge in [0.05, 0.1) is 5.02 Å². The second-order valence-corrected chi connectivity index (χ2v) is 4.90. The summed E-state index contributed by atoms with van der Waals surface area (Å²) in [7, 11) is 0. The summed E-state index contributed by atoms with van der Waals surface area (Å²) in [5.74, 6) is -0.0604. The van der Waals surface area contributed by atoms with E-state index in [9.17, 15) is 13.2 Å². The molecular formula is C15H10ClF3N2O2. The van der Waals surface area contributed by atoms with Crippen molar-refractivity contribution in [3.05, 3.63) is 47.1 Å². The van der Waals surface area contributed by atoms with Gasteiger partial charge < -0.3 is 9.47 Å². The van der Waals surface area contributed by atoms with Gasteiger partial charge in [0.25, 0.3) is 0 Å². The molecular weight excluding hydrogens is 333 g/mol. The standard InChI is InChI=1S/C15H10ClF3N2O2/c1-9(7-20)22-11-2-4-12(5-3-11)23-14-13(15(17,18)19)6-10(16)8-21-14/h2-6,8-9H,1H3. The van der Waals surface area contributed by atoms with Crippen molar-refractivity contribution in [2.24, 2.45) is 0 Å². The summed E-state index contributed by atoms with van der Waals surface area (Å²) in [6.07, 6.45) is -4.21. The molecule has 120 valence electrons. The molecule has 0 saturated heterocycles. The molecule has 1 aromatic heterocycles. The van der Waals surface area contributed by atoms with E-state index >= 15 is 0 Å². The van der Waals surface area contributed by atoms with Gasteiger partial charge in [-0.25, -0.2) is 4.98 Å². The summed E-state index contributed by atoms with van der Waals surface area (Å²) in [5, 5.41) is 8.51. The van der Waals surface area contributed by atoms with Crippen molar-refractivity contribution in [1.29, 1.82) is 5.26 Å². The predicted octanol–water partition coefficient (Wildman–Crippen LogP) is 4.84. The Hall–Kier alpha value is -2.46. The van der Waals surface area contributed by atoms with E-state index < -0.39 is 23.7 Å². The van der Waals surface area contributed by atoms with Crippen molar-refractivity contribution < 1.29 is 22.6 Å². The molecule has 0 aliphatic heterocycles. The number of alkyl halides is 3. The fourth-order valence-corrected chi connectivity index (χ4v) is 1.80. The SMILES string of the molecule is CC(C#N)Oc1ccc(Oc2ncc(Cl)cc2C(F)(F)F)cc1. The highest BCUT2D eigenvalue weighted by Crippen LogP contribution is 2.38. The van der Waals surface area contributed by atoms with Crippen LogP contribution in [-0.2, 0) is 6.18 Å². The maximum Gasteiger partial charge on any atom is 0.421 e. The molecule has 0 spiro atoms. The summed E-state index contributed by atoms with van der Waals surface area (Å²) >= 11 is 5.55. The summed E-state index contributed by atoms with van der Waals surface area (Å²) in [5.41, 5.74) is -1.07. The molecule has 0 bridgehead atoms. The molecule has 0 aliphatic carbocycles. The molecule has 23 heavy (non-hydrogen) atoms. The van der Waals surface area contributed by atoms with E-state index in [0.717, 1.165) is 12.3 Å². The van der Waals surface area contributed by atoms with E-state index in [1.807, 2.05) is 6.07 Å². The first-order valence-corrected chi connectivity index (χ1v) is 6.74. The van der Waals surface area contributed by atoms with Gasteiger partial charge in [-0.2, -0.15) is 18.4 Å². The molecule has 0 N–H and O–H groups in total. The van der Waals surface area contributed by atoms with Gasteiger partial charge >= 0.3 is 6.18 Å². The van der Waals surface area contributed by atoms with E-state index in [0.29, 0.717) is 5.75 Å². The van der Waals surface area contributed by atoms with Gasteiger partial charge in [-0.05, 0) is 37.3 Å². The highest BCUT2D eigenvalue weighted by atomic mass is 35.5. The summed E-state index contributed by atoms with van der Waals surface area (Å²) in [4.78, 5) is 3.58. The number of ether oxygens (including phenoxy) is 2. The van der Waals surface area contributed by atoms with Crippen LogP contribution >= 0.6 is 11.6 Å². The summed E-state index contributed by atoms with van der Waals surface area (Å²) in [6, 6.07) is 8.42. The normalized spacial score (nSPS) is 12.3. The monoisotopic (exact) mass is 342 g/mol. The first-order chi connectivity index (χ1) is 10.8. The fraction of sp³-hybridized carbons (Fsp3) is 0.200. The van der Waals surface area contributed by atoms with Crippen molar-refractivity contribution in [3.63, 3.8) is 0 Å². The van der Waals surface area contributed by atoms with E-state index in [-0.39, 0.29) is 10.8 Å². The Kier molecular flexibility index (Phi) is 4.96. The van der Waals surface area contributed by atoms with Gasteiger partial charge in [0, 0.05) is 6.20 Å². The highest BCUT2D eigenvalue weighted by Gasteiger charge is 2.35. The van der Waals surface area contributed by atoms with Crippen LogP contribution in [0.2, 0.25) is 5.02 Å². The second kappa shape index (κ2) is 6.75. The predicted molar refractivity (Wildman–Crippen MR) is 76.5 cm³/mol. The van der Waals surface area contributed by atoms with Gasteiger partial charge in [-0.15, -0.1) is 0 Å². The first kappa shape index (κ1) is 16.9. The third-order valence-corrected chi connectivity index (χ3v) is 2.86. The van der Waals surface area contributed by atoms with Crippen LogP contribution in [0, 0.1) is 11.3 Å². The minimum atomic E-state index is -4.64. The number of benzene rings is 1. The first-order valence-electron chi connectivity index (χ1n) is 6.36. The number of hydrogen-bond acceptors (Lipinski definition) is 4.